The second-order valence-electron chi connectivity index (χ2n) is 7.42. The molecule has 7 nitrogen and oxygen atoms in total. The number of allylic oxidation sites excluding steroid dienone is 1. The Balaban J connectivity index is 1.59. The number of hydrogen-bond donors (Lipinski definition) is 2. The molecule has 0 spiro atoms. The number of nitrogens with one attached hydrogen (secondary N) is 1. The molecule has 2 N–H and O–H groups in total. The van der Waals surface area contributed by atoms with Gasteiger partial charge < -0.3 is 14.4 Å². The molecule has 2 heterocycles. The van der Waals surface area contributed by atoms with Crippen molar-refractivity contribution in [3.8, 4) is 5.75 Å². The fourth-order valence-electron chi connectivity index (χ4n) is 3.53. The van der Waals surface area contributed by atoms with Gasteiger partial charge >= 0.3 is 0 Å². The Kier molecular flexibility index (Phi) is 6.46. The third kappa shape index (κ3) is 5.13. The number of aromatic nitrogens is 4. The summed E-state index contributed by atoms with van der Waals surface area (Å²) in [6.45, 7) is 0.617. The number of nitrogens with zero attached hydrogens (tertiary/aromatic N) is 3. The van der Waals surface area contributed by atoms with Gasteiger partial charge in [0.1, 0.15) is 12.1 Å². The Morgan fingerprint density at radius 1 is 1.06 bits per heavy atom. The molecule has 0 aliphatic carbocycles. The van der Waals surface area contributed by atoms with Crippen LogP contribution >= 0.6 is 0 Å². The second kappa shape index (κ2) is 9.78. The van der Waals surface area contributed by atoms with E-state index in [2.05, 4.69) is 27.3 Å². The highest BCUT2D eigenvalue weighted by Gasteiger charge is 2.16. The lowest BCUT2D eigenvalue weighted by atomic mass is 10.0. The maximum absolute atomic E-state index is 13.0. The molecule has 0 amide bonds. The number of aliphatic hydroxyl groups excluding tert-OH is 1. The van der Waals surface area contributed by atoms with Crippen molar-refractivity contribution >= 4 is 11.5 Å². The van der Waals surface area contributed by atoms with Gasteiger partial charge in [-0.2, -0.15) is 5.10 Å². The van der Waals surface area contributed by atoms with E-state index in [1.807, 2.05) is 59.4 Å². The summed E-state index contributed by atoms with van der Waals surface area (Å²) in [5.74, 6) is 0.326. The van der Waals surface area contributed by atoms with Gasteiger partial charge in [0.25, 0.3) is 0 Å². The maximum atomic E-state index is 13.0. The first-order valence-electron chi connectivity index (χ1n) is 10.3. The largest absolute Gasteiger partial charge is 0.504 e. The van der Waals surface area contributed by atoms with Gasteiger partial charge in [0.05, 0.1) is 7.11 Å². The van der Waals surface area contributed by atoms with Crippen LogP contribution in [0.4, 0.5) is 0 Å². The Morgan fingerprint density at radius 3 is 2.53 bits per heavy atom. The van der Waals surface area contributed by atoms with Crippen LogP contribution in [0.25, 0.3) is 5.76 Å². The number of aromatic amines is 1. The Bertz CT molecular complexity index is 1190. The van der Waals surface area contributed by atoms with Crippen LogP contribution in [-0.4, -0.2) is 37.7 Å². The van der Waals surface area contributed by atoms with Crippen molar-refractivity contribution in [3.63, 3.8) is 0 Å². The quantitative estimate of drug-likeness (QED) is 0.236. The summed E-state index contributed by atoms with van der Waals surface area (Å²) in [5.41, 5.74) is 3.77. The highest BCUT2D eigenvalue weighted by Crippen LogP contribution is 2.19. The molecule has 0 bridgehead atoms. The molecule has 4 rings (SSSR count). The van der Waals surface area contributed by atoms with E-state index in [0.29, 0.717) is 18.5 Å². The summed E-state index contributed by atoms with van der Waals surface area (Å²) in [4.78, 5) is 16.9. The SMILES string of the molecule is COc1ccc(Cn2cc(CCc3ccccc3)c(C(=O)C=C(O)c3nc[nH]n3)c2)cc1. The van der Waals surface area contributed by atoms with Crippen LogP contribution < -0.4 is 4.74 Å². The minimum absolute atomic E-state index is 0.0850. The summed E-state index contributed by atoms with van der Waals surface area (Å²) in [7, 11) is 1.64. The molecular weight excluding hydrogens is 404 g/mol. The van der Waals surface area contributed by atoms with Crippen LogP contribution in [-0.2, 0) is 19.4 Å². The normalized spacial score (nSPS) is 11.5. The number of aliphatic hydroxyl groups is 1. The minimum atomic E-state index is -0.288. The van der Waals surface area contributed by atoms with E-state index < -0.39 is 0 Å². The monoisotopic (exact) mass is 428 g/mol. The van der Waals surface area contributed by atoms with Crippen molar-refractivity contribution in [3.05, 3.63) is 107 Å². The zero-order chi connectivity index (χ0) is 22.3. The van der Waals surface area contributed by atoms with Crippen LogP contribution in [0.5, 0.6) is 5.75 Å². The van der Waals surface area contributed by atoms with E-state index in [-0.39, 0.29) is 17.4 Å². The van der Waals surface area contributed by atoms with E-state index in [0.717, 1.165) is 23.3 Å². The van der Waals surface area contributed by atoms with Crippen molar-refractivity contribution in [1.29, 1.82) is 0 Å². The van der Waals surface area contributed by atoms with Gasteiger partial charge in [0.15, 0.2) is 11.5 Å². The predicted molar refractivity (Wildman–Crippen MR) is 122 cm³/mol. The predicted octanol–water partition coefficient (Wildman–Crippen LogP) is 4.23. The van der Waals surface area contributed by atoms with E-state index in [4.69, 9.17) is 4.74 Å². The average molecular weight is 428 g/mol. The molecule has 4 aromatic rings. The molecule has 7 heteroatoms. The molecule has 0 saturated heterocycles. The summed E-state index contributed by atoms with van der Waals surface area (Å²) in [6, 6.07) is 18.0. The third-order valence-corrected chi connectivity index (χ3v) is 5.19. The van der Waals surface area contributed by atoms with Crippen LogP contribution in [0, 0.1) is 0 Å². The second-order valence-corrected chi connectivity index (χ2v) is 7.42. The highest BCUT2D eigenvalue weighted by atomic mass is 16.5. The Morgan fingerprint density at radius 2 is 1.84 bits per heavy atom. The molecule has 0 unspecified atom stereocenters. The maximum Gasteiger partial charge on any atom is 0.215 e. The third-order valence-electron chi connectivity index (χ3n) is 5.19. The molecule has 0 fully saturated rings. The number of ether oxygens (including phenoxy) is 1. The molecule has 2 aromatic carbocycles. The van der Waals surface area contributed by atoms with Crippen molar-refractivity contribution in [2.75, 3.05) is 7.11 Å². The minimum Gasteiger partial charge on any atom is -0.504 e. The molecule has 0 aliphatic rings. The number of H-pyrrole nitrogens is 1. The van der Waals surface area contributed by atoms with Gasteiger partial charge in [-0.05, 0) is 41.7 Å². The van der Waals surface area contributed by atoms with Gasteiger partial charge in [-0.25, -0.2) is 4.98 Å². The number of methoxy groups -OCH3 is 1. The van der Waals surface area contributed by atoms with Crippen LogP contribution in [0.2, 0.25) is 0 Å². The summed E-state index contributed by atoms with van der Waals surface area (Å²) in [5, 5.41) is 16.5. The lowest BCUT2D eigenvalue weighted by Crippen LogP contribution is -2.01. The zero-order valence-corrected chi connectivity index (χ0v) is 17.7. The summed E-state index contributed by atoms with van der Waals surface area (Å²) < 4.78 is 7.21. The molecule has 0 aliphatic heterocycles. The summed E-state index contributed by atoms with van der Waals surface area (Å²) in [6.07, 6.45) is 7.86. The number of hydrogen-bond acceptors (Lipinski definition) is 5. The van der Waals surface area contributed by atoms with Crippen molar-refractivity contribution in [2.24, 2.45) is 0 Å². The van der Waals surface area contributed by atoms with Gasteiger partial charge in [0.2, 0.25) is 5.82 Å². The number of aryl methyl sites for hydroxylation is 2. The van der Waals surface area contributed by atoms with E-state index in [1.165, 1.54) is 18.0 Å². The first kappa shape index (κ1) is 21.1. The van der Waals surface area contributed by atoms with Crippen LogP contribution in [0.15, 0.2) is 79.4 Å². The fourth-order valence-corrected chi connectivity index (χ4v) is 3.53. The van der Waals surface area contributed by atoms with Gasteiger partial charge in [0, 0.05) is 30.6 Å². The van der Waals surface area contributed by atoms with Crippen molar-refractivity contribution in [1.82, 2.24) is 19.7 Å². The number of benzene rings is 2. The fraction of sp³-hybridized carbons (Fsp3) is 0.160. The topological polar surface area (TPSA) is 93.0 Å². The summed E-state index contributed by atoms with van der Waals surface area (Å²) >= 11 is 0. The number of carbonyl (C=O) groups is 1. The number of carbonyl (C=O) groups excluding carboxylic acids is 1. The van der Waals surface area contributed by atoms with Crippen molar-refractivity contribution in [2.45, 2.75) is 19.4 Å². The number of ketones is 1. The van der Waals surface area contributed by atoms with Gasteiger partial charge in [-0.15, -0.1) is 0 Å². The van der Waals surface area contributed by atoms with Crippen LogP contribution in [0.1, 0.15) is 32.9 Å². The molecule has 32 heavy (non-hydrogen) atoms. The molecule has 0 radical (unpaired) electrons. The zero-order valence-electron chi connectivity index (χ0n) is 17.7. The Labute approximate surface area is 186 Å². The van der Waals surface area contributed by atoms with Crippen LogP contribution in [0.3, 0.4) is 0 Å². The first-order chi connectivity index (χ1) is 15.6. The van der Waals surface area contributed by atoms with Crippen molar-refractivity contribution < 1.29 is 14.6 Å². The van der Waals surface area contributed by atoms with E-state index in [1.54, 1.807) is 7.11 Å². The highest BCUT2D eigenvalue weighted by molar-refractivity contribution is 6.08. The Hall–Kier alpha value is -4.13. The lowest BCUT2D eigenvalue weighted by Gasteiger charge is -2.05. The molecule has 162 valence electrons. The molecule has 0 atom stereocenters. The van der Waals surface area contributed by atoms with Gasteiger partial charge in [-0.3, -0.25) is 9.89 Å². The van der Waals surface area contributed by atoms with E-state index in [9.17, 15) is 9.90 Å². The molecule has 0 saturated carbocycles. The first-order valence-corrected chi connectivity index (χ1v) is 10.3. The van der Waals surface area contributed by atoms with E-state index >= 15 is 0 Å². The molecule has 2 aromatic heterocycles. The molecular formula is C25H24N4O3. The smallest absolute Gasteiger partial charge is 0.215 e. The number of rotatable bonds is 9. The average Bonchev–Trinajstić information content (AvgIpc) is 3.49. The van der Waals surface area contributed by atoms with Gasteiger partial charge in [-0.1, -0.05) is 42.5 Å². The lowest BCUT2D eigenvalue weighted by molar-refractivity contribution is 0.104. The standard InChI is InChI=1S/C25H24N4O3/c1-32-21-11-8-19(9-12-21)14-29-15-20(10-7-18-5-3-2-4-6-18)22(16-29)23(30)13-24(31)25-26-17-27-28-25/h2-6,8-9,11-13,15-17,31H,7,10,14H2,1H3,(H,26,27,28).